The van der Waals surface area contributed by atoms with Gasteiger partial charge < -0.3 is 15.2 Å². The summed E-state index contributed by atoms with van der Waals surface area (Å²) in [6, 6.07) is 6.69. The Morgan fingerprint density at radius 2 is 2.00 bits per heavy atom. The first-order valence-corrected chi connectivity index (χ1v) is 7.05. The number of carboxylic acids is 1. The zero-order chi connectivity index (χ0) is 15.2. The van der Waals surface area contributed by atoms with Crippen LogP contribution in [0.2, 0.25) is 0 Å². The van der Waals surface area contributed by atoms with E-state index in [2.05, 4.69) is 5.32 Å². The molecule has 21 heavy (non-hydrogen) atoms. The molecule has 2 unspecified atom stereocenters. The monoisotopic (exact) mass is 289 g/mol. The first kappa shape index (κ1) is 15.1. The molecule has 2 N–H and O–H groups in total. The number of rotatable bonds is 6. The first-order chi connectivity index (χ1) is 10.1. The van der Waals surface area contributed by atoms with Crippen molar-refractivity contribution in [2.75, 3.05) is 6.61 Å². The lowest BCUT2D eigenvalue weighted by molar-refractivity contribution is -0.140. The number of aliphatic carboxylic acids is 1. The van der Waals surface area contributed by atoms with Gasteiger partial charge in [-0.1, -0.05) is 19.1 Å². The number of hydrogen-bond acceptors (Lipinski definition) is 3. The van der Waals surface area contributed by atoms with Gasteiger partial charge in [-0.05, 0) is 37.1 Å². The number of nitrogens with one attached hydrogen (secondary N) is 1. The Hall–Kier alpha value is -2.30. The van der Waals surface area contributed by atoms with E-state index >= 15 is 0 Å². The summed E-state index contributed by atoms with van der Waals surface area (Å²) in [7, 11) is 0. The van der Waals surface area contributed by atoms with Gasteiger partial charge in [-0.25, -0.2) is 0 Å². The molecule has 2 atom stereocenters. The van der Waals surface area contributed by atoms with Crippen molar-refractivity contribution >= 4 is 11.9 Å². The number of hydrogen-bond donors (Lipinski definition) is 2. The molecule has 0 saturated carbocycles. The van der Waals surface area contributed by atoms with E-state index < -0.39 is 11.9 Å². The number of carbonyl (C=O) groups is 2. The number of carbonyl (C=O) groups excluding carboxylic acids is 1. The molecular formula is C16H19NO4. The Bertz CT molecular complexity index is 536. The summed E-state index contributed by atoms with van der Waals surface area (Å²) in [5.74, 6) is -0.849. The van der Waals surface area contributed by atoms with E-state index in [1.165, 1.54) is 0 Å². The highest BCUT2D eigenvalue weighted by Crippen LogP contribution is 2.19. The van der Waals surface area contributed by atoms with Gasteiger partial charge in [0, 0.05) is 11.6 Å². The van der Waals surface area contributed by atoms with Gasteiger partial charge >= 0.3 is 5.97 Å². The molecule has 1 aromatic carbocycles. The average molecular weight is 289 g/mol. The molecule has 0 saturated heterocycles. The van der Waals surface area contributed by atoms with Crippen LogP contribution in [0, 0.1) is 5.92 Å². The molecular weight excluding hydrogens is 270 g/mol. The first-order valence-electron chi connectivity index (χ1n) is 7.05. The summed E-state index contributed by atoms with van der Waals surface area (Å²) in [5, 5.41) is 11.7. The highest BCUT2D eigenvalue weighted by molar-refractivity contribution is 5.94. The zero-order valence-electron chi connectivity index (χ0n) is 11.9. The summed E-state index contributed by atoms with van der Waals surface area (Å²) in [6.07, 6.45) is 4.68. The fraction of sp³-hybridized carbons (Fsp3) is 0.375. The second-order valence-electron chi connectivity index (χ2n) is 5.02. The van der Waals surface area contributed by atoms with Gasteiger partial charge in [0.2, 0.25) is 0 Å². The summed E-state index contributed by atoms with van der Waals surface area (Å²) in [4.78, 5) is 22.9. The molecule has 1 aliphatic carbocycles. The molecule has 5 heteroatoms. The molecule has 5 nitrogen and oxygen atoms in total. The molecule has 0 heterocycles. The predicted molar refractivity (Wildman–Crippen MR) is 78.4 cm³/mol. The minimum Gasteiger partial charge on any atom is -0.494 e. The van der Waals surface area contributed by atoms with Crippen LogP contribution in [0.4, 0.5) is 0 Å². The lowest BCUT2D eigenvalue weighted by atomic mass is 10.1. The van der Waals surface area contributed by atoms with Gasteiger partial charge in [-0.15, -0.1) is 0 Å². The van der Waals surface area contributed by atoms with Crippen molar-refractivity contribution in [3.8, 4) is 5.75 Å². The second kappa shape index (κ2) is 6.92. The molecule has 1 aromatic rings. The van der Waals surface area contributed by atoms with Gasteiger partial charge in [0.05, 0.1) is 12.5 Å². The van der Waals surface area contributed by atoms with E-state index in [4.69, 9.17) is 9.84 Å². The Morgan fingerprint density at radius 3 is 2.57 bits per heavy atom. The van der Waals surface area contributed by atoms with Crippen molar-refractivity contribution in [1.29, 1.82) is 0 Å². The van der Waals surface area contributed by atoms with E-state index in [9.17, 15) is 9.59 Å². The summed E-state index contributed by atoms with van der Waals surface area (Å²) in [6.45, 7) is 2.68. The maximum absolute atomic E-state index is 12.1. The van der Waals surface area contributed by atoms with Crippen LogP contribution in [0.25, 0.3) is 0 Å². The number of amides is 1. The van der Waals surface area contributed by atoms with E-state index in [-0.39, 0.29) is 11.9 Å². The molecule has 2 rings (SSSR count). The van der Waals surface area contributed by atoms with Crippen molar-refractivity contribution in [2.45, 2.75) is 25.8 Å². The van der Waals surface area contributed by atoms with Crippen molar-refractivity contribution in [3.63, 3.8) is 0 Å². The third-order valence-electron chi connectivity index (χ3n) is 3.31. The molecule has 0 aromatic heterocycles. The van der Waals surface area contributed by atoms with E-state index in [1.807, 2.05) is 6.92 Å². The van der Waals surface area contributed by atoms with Crippen molar-refractivity contribution in [1.82, 2.24) is 5.32 Å². The van der Waals surface area contributed by atoms with Crippen LogP contribution in [-0.4, -0.2) is 29.6 Å². The Kier molecular flexibility index (Phi) is 4.98. The number of carboxylic acid groups (broad SMARTS) is 1. The molecule has 0 aliphatic heterocycles. The summed E-state index contributed by atoms with van der Waals surface area (Å²) in [5.41, 5.74) is 0.533. The maximum Gasteiger partial charge on any atom is 0.310 e. The van der Waals surface area contributed by atoms with E-state index in [0.717, 1.165) is 12.2 Å². The van der Waals surface area contributed by atoms with Gasteiger partial charge in [0.25, 0.3) is 5.91 Å². The zero-order valence-corrected chi connectivity index (χ0v) is 11.9. The Labute approximate surface area is 123 Å². The average Bonchev–Trinajstić information content (AvgIpc) is 2.94. The normalized spacial score (nSPS) is 20.2. The summed E-state index contributed by atoms with van der Waals surface area (Å²) >= 11 is 0. The van der Waals surface area contributed by atoms with Crippen LogP contribution in [0.1, 0.15) is 30.1 Å². The highest BCUT2D eigenvalue weighted by Gasteiger charge is 2.25. The van der Waals surface area contributed by atoms with Gasteiger partial charge in [-0.3, -0.25) is 9.59 Å². The standard InChI is InChI=1S/C16H19NO4/c1-2-9-21-14-7-4-11(5-8-14)15(18)17-13-6-3-12(10-13)16(19)20/h3-8,12-13H,2,9-10H2,1H3,(H,17,18)(H,19,20). The highest BCUT2D eigenvalue weighted by atomic mass is 16.5. The van der Waals surface area contributed by atoms with Gasteiger partial charge in [0.1, 0.15) is 5.75 Å². The third kappa shape index (κ3) is 4.08. The molecule has 112 valence electrons. The fourth-order valence-corrected chi connectivity index (χ4v) is 2.16. The third-order valence-corrected chi connectivity index (χ3v) is 3.31. The minimum atomic E-state index is -0.861. The molecule has 1 amide bonds. The number of ether oxygens (including phenoxy) is 1. The van der Waals surface area contributed by atoms with Crippen LogP contribution in [-0.2, 0) is 4.79 Å². The van der Waals surface area contributed by atoms with Crippen LogP contribution in [0.3, 0.4) is 0 Å². The Morgan fingerprint density at radius 1 is 1.29 bits per heavy atom. The van der Waals surface area contributed by atoms with Crippen LogP contribution in [0.15, 0.2) is 36.4 Å². The van der Waals surface area contributed by atoms with E-state index in [1.54, 1.807) is 36.4 Å². The van der Waals surface area contributed by atoms with Crippen LogP contribution < -0.4 is 10.1 Å². The Balaban J connectivity index is 1.89. The van der Waals surface area contributed by atoms with Crippen LogP contribution in [0.5, 0.6) is 5.75 Å². The lowest BCUT2D eigenvalue weighted by Gasteiger charge is -2.12. The predicted octanol–water partition coefficient (Wildman–Crippen LogP) is 2.23. The number of benzene rings is 1. The smallest absolute Gasteiger partial charge is 0.310 e. The van der Waals surface area contributed by atoms with Crippen molar-refractivity contribution < 1.29 is 19.4 Å². The maximum atomic E-state index is 12.1. The lowest BCUT2D eigenvalue weighted by Crippen LogP contribution is -2.33. The van der Waals surface area contributed by atoms with Gasteiger partial charge in [-0.2, -0.15) is 0 Å². The summed E-state index contributed by atoms with van der Waals surface area (Å²) < 4.78 is 5.46. The van der Waals surface area contributed by atoms with Crippen molar-refractivity contribution in [3.05, 3.63) is 42.0 Å². The largest absolute Gasteiger partial charge is 0.494 e. The quantitative estimate of drug-likeness (QED) is 0.787. The fourth-order valence-electron chi connectivity index (χ4n) is 2.16. The SMILES string of the molecule is CCCOc1ccc(C(=O)NC2C=CC(C(=O)O)C2)cc1. The van der Waals surface area contributed by atoms with Crippen LogP contribution >= 0.6 is 0 Å². The minimum absolute atomic E-state index is 0.210. The molecule has 1 aliphatic rings. The second-order valence-corrected chi connectivity index (χ2v) is 5.02. The topological polar surface area (TPSA) is 75.6 Å². The molecule has 0 spiro atoms. The molecule has 0 radical (unpaired) electrons. The van der Waals surface area contributed by atoms with Crippen molar-refractivity contribution in [2.24, 2.45) is 5.92 Å². The molecule has 0 fully saturated rings. The van der Waals surface area contributed by atoms with E-state index in [0.29, 0.717) is 18.6 Å². The molecule has 0 bridgehead atoms. The van der Waals surface area contributed by atoms with Gasteiger partial charge in [0.15, 0.2) is 0 Å².